The summed E-state index contributed by atoms with van der Waals surface area (Å²) in [4.78, 5) is 0. The van der Waals surface area contributed by atoms with Crippen LogP contribution in [-0.4, -0.2) is 4.33 Å². The zero-order chi connectivity index (χ0) is 25.9. The summed E-state index contributed by atoms with van der Waals surface area (Å²) in [7, 11) is 0. The van der Waals surface area contributed by atoms with Gasteiger partial charge in [-0.25, -0.2) is 0 Å². The fraction of sp³-hybridized carbons (Fsp3) is 1.00. The van der Waals surface area contributed by atoms with Gasteiger partial charge >= 0.3 is 0 Å². The molecule has 0 heterocycles. The van der Waals surface area contributed by atoms with Crippen LogP contribution in [0.25, 0.3) is 0 Å². The zero-order valence-corrected chi connectivity index (χ0v) is 26.2. The fourth-order valence-electron chi connectivity index (χ4n) is 10.7. The lowest BCUT2D eigenvalue weighted by Crippen LogP contribution is -2.66. The van der Waals surface area contributed by atoms with Crippen LogP contribution in [0.3, 0.4) is 0 Å². The molecule has 5 aliphatic rings. The SMILES string of the molecule is CCCCCCC[C@H]1CC[C@H](C2CCC3(CC2)CC2(CCC([C@H]4CC[C@H](CC)CC4)CC2)C3(Cl)Cl)CC1. The number of hydrogen-bond donors (Lipinski definition) is 0. The summed E-state index contributed by atoms with van der Waals surface area (Å²) in [5.41, 5.74) is 0.490. The van der Waals surface area contributed by atoms with Crippen LogP contribution in [0.5, 0.6) is 0 Å². The minimum absolute atomic E-state index is 0.244. The van der Waals surface area contributed by atoms with Crippen LogP contribution in [0.1, 0.15) is 168 Å². The van der Waals surface area contributed by atoms with Gasteiger partial charge in [0.25, 0.3) is 0 Å². The Morgan fingerprint density at radius 2 is 0.946 bits per heavy atom. The van der Waals surface area contributed by atoms with Crippen molar-refractivity contribution in [1.29, 1.82) is 0 Å². The lowest BCUT2D eigenvalue weighted by atomic mass is 9.42. The van der Waals surface area contributed by atoms with Gasteiger partial charge in [-0.1, -0.05) is 84.5 Å². The molecule has 5 aliphatic carbocycles. The molecule has 0 aromatic carbocycles. The predicted octanol–water partition coefficient (Wildman–Crippen LogP) is 12.3. The van der Waals surface area contributed by atoms with Gasteiger partial charge < -0.3 is 0 Å². The third-order valence-corrected chi connectivity index (χ3v) is 15.0. The van der Waals surface area contributed by atoms with E-state index in [-0.39, 0.29) is 10.8 Å². The van der Waals surface area contributed by atoms with Crippen molar-refractivity contribution >= 4 is 23.2 Å². The summed E-state index contributed by atoms with van der Waals surface area (Å²) < 4.78 is -0.453. The molecule has 5 rings (SSSR count). The van der Waals surface area contributed by atoms with E-state index in [4.69, 9.17) is 23.2 Å². The highest BCUT2D eigenvalue weighted by Gasteiger charge is 2.72. The molecule has 0 aliphatic heterocycles. The molecule has 0 radical (unpaired) electrons. The van der Waals surface area contributed by atoms with Crippen molar-refractivity contribution in [3.8, 4) is 0 Å². The Balaban J connectivity index is 1.04. The number of alkyl halides is 2. The predicted molar refractivity (Wildman–Crippen MR) is 162 cm³/mol. The van der Waals surface area contributed by atoms with E-state index in [0.29, 0.717) is 0 Å². The molecule has 5 fully saturated rings. The first-order chi connectivity index (χ1) is 17.9. The van der Waals surface area contributed by atoms with E-state index >= 15 is 0 Å². The highest BCUT2D eigenvalue weighted by Crippen LogP contribution is 2.77. The minimum Gasteiger partial charge on any atom is -0.100 e. The minimum atomic E-state index is -0.453. The van der Waals surface area contributed by atoms with E-state index in [1.807, 2.05) is 0 Å². The standard InChI is InChI=1S/C35H60Cl2/c1-3-5-6-7-8-9-28-12-16-30(17-13-28)32-20-24-34(25-21-32)26-33(35(34,36)37)22-18-31(19-23-33)29-14-10-27(4-2)11-15-29/h27-32H,3-26H2,1-2H3/t27-,28-,29-,30-,31?,32?,33?,34?. The Morgan fingerprint density at radius 1 is 0.514 bits per heavy atom. The molecular weight excluding hydrogens is 491 g/mol. The van der Waals surface area contributed by atoms with Gasteiger partial charge in [0, 0.05) is 10.8 Å². The summed E-state index contributed by atoms with van der Waals surface area (Å²) in [5.74, 6) is 5.98. The van der Waals surface area contributed by atoms with E-state index in [2.05, 4.69) is 13.8 Å². The van der Waals surface area contributed by atoms with E-state index in [9.17, 15) is 0 Å². The van der Waals surface area contributed by atoms with Crippen molar-refractivity contribution in [1.82, 2.24) is 0 Å². The summed E-state index contributed by atoms with van der Waals surface area (Å²) >= 11 is 14.9. The van der Waals surface area contributed by atoms with Crippen LogP contribution < -0.4 is 0 Å². The lowest BCUT2D eigenvalue weighted by molar-refractivity contribution is -0.122. The Hall–Kier alpha value is 0.580. The third-order valence-electron chi connectivity index (χ3n) is 13.4. The van der Waals surface area contributed by atoms with Gasteiger partial charge in [-0.3, -0.25) is 0 Å². The molecule has 0 aromatic rings. The molecule has 0 saturated heterocycles. The summed E-state index contributed by atoms with van der Waals surface area (Å²) in [6, 6.07) is 0. The monoisotopic (exact) mass is 550 g/mol. The molecule has 2 heteroatoms. The molecule has 0 atom stereocenters. The van der Waals surface area contributed by atoms with Gasteiger partial charge in [0.2, 0.25) is 0 Å². The number of unbranched alkanes of at least 4 members (excludes halogenated alkanes) is 4. The summed E-state index contributed by atoms with van der Waals surface area (Å²) in [6.07, 6.45) is 34.4. The molecule has 214 valence electrons. The molecule has 0 bridgehead atoms. The van der Waals surface area contributed by atoms with Crippen molar-refractivity contribution in [2.24, 2.45) is 46.3 Å². The average Bonchev–Trinajstić information content (AvgIpc) is 2.94. The quantitative estimate of drug-likeness (QED) is 0.197. The topological polar surface area (TPSA) is 0 Å². The van der Waals surface area contributed by atoms with E-state index in [1.165, 1.54) is 154 Å². The van der Waals surface area contributed by atoms with Crippen LogP contribution >= 0.6 is 23.2 Å². The maximum absolute atomic E-state index is 7.45. The molecule has 37 heavy (non-hydrogen) atoms. The second-order valence-corrected chi connectivity index (χ2v) is 16.5. The smallest absolute Gasteiger partial charge is 0.100 e. The lowest BCUT2D eigenvalue weighted by Gasteiger charge is -2.69. The fourth-order valence-corrected chi connectivity index (χ4v) is 11.7. The van der Waals surface area contributed by atoms with Crippen molar-refractivity contribution in [3.05, 3.63) is 0 Å². The Labute approximate surface area is 241 Å². The normalized spacial score (nSPS) is 44.1. The van der Waals surface area contributed by atoms with Crippen LogP contribution in [0, 0.1) is 46.3 Å². The van der Waals surface area contributed by atoms with Gasteiger partial charge in [-0.2, -0.15) is 0 Å². The van der Waals surface area contributed by atoms with Crippen LogP contribution in [0.4, 0.5) is 0 Å². The van der Waals surface area contributed by atoms with E-state index in [0.717, 1.165) is 35.5 Å². The Morgan fingerprint density at radius 3 is 1.38 bits per heavy atom. The number of hydrogen-bond acceptors (Lipinski definition) is 0. The zero-order valence-electron chi connectivity index (χ0n) is 24.7. The largest absolute Gasteiger partial charge is 0.129 e. The van der Waals surface area contributed by atoms with Gasteiger partial charge in [-0.15, -0.1) is 23.2 Å². The van der Waals surface area contributed by atoms with Crippen LogP contribution in [-0.2, 0) is 0 Å². The van der Waals surface area contributed by atoms with Crippen LogP contribution in [0.15, 0.2) is 0 Å². The molecule has 2 spiro atoms. The van der Waals surface area contributed by atoms with Gasteiger partial charge in [0.05, 0.1) is 0 Å². The maximum Gasteiger partial charge on any atom is 0.129 e. The summed E-state index contributed by atoms with van der Waals surface area (Å²) in [6.45, 7) is 4.71. The third kappa shape index (κ3) is 5.97. The highest BCUT2D eigenvalue weighted by molar-refractivity contribution is 6.50. The molecule has 0 amide bonds. The molecular formula is C35H60Cl2. The van der Waals surface area contributed by atoms with Crippen LogP contribution in [0.2, 0.25) is 0 Å². The van der Waals surface area contributed by atoms with Crippen molar-refractivity contribution in [2.75, 3.05) is 0 Å². The first-order valence-corrected chi connectivity index (χ1v) is 18.1. The number of rotatable bonds is 9. The Kier molecular flexibility index (Phi) is 9.92. The molecule has 0 unspecified atom stereocenters. The van der Waals surface area contributed by atoms with Gasteiger partial charge in [-0.05, 0) is 119 Å². The van der Waals surface area contributed by atoms with Gasteiger partial charge in [0.1, 0.15) is 4.33 Å². The van der Waals surface area contributed by atoms with Crippen molar-refractivity contribution in [3.63, 3.8) is 0 Å². The average molecular weight is 552 g/mol. The highest BCUT2D eigenvalue weighted by atomic mass is 35.5. The second kappa shape index (κ2) is 12.6. The summed E-state index contributed by atoms with van der Waals surface area (Å²) in [5, 5.41) is 0. The second-order valence-electron chi connectivity index (χ2n) is 15.2. The van der Waals surface area contributed by atoms with Crippen molar-refractivity contribution in [2.45, 2.75) is 172 Å². The maximum atomic E-state index is 7.45. The van der Waals surface area contributed by atoms with E-state index < -0.39 is 4.33 Å². The Bertz CT molecular complexity index is 680. The molecule has 0 N–H and O–H groups in total. The molecule has 0 aromatic heterocycles. The van der Waals surface area contributed by atoms with Gasteiger partial charge in [0.15, 0.2) is 0 Å². The first kappa shape index (κ1) is 29.1. The molecule has 5 saturated carbocycles. The van der Waals surface area contributed by atoms with Crippen molar-refractivity contribution < 1.29 is 0 Å². The molecule has 0 nitrogen and oxygen atoms in total. The number of halogens is 2. The first-order valence-electron chi connectivity index (χ1n) is 17.3. The van der Waals surface area contributed by atoms with E-state index in [1.54, 1.807) is 0 Å².